The first-order chi connectivity index (χ1) is 14.5. The Balaban J connectivity index is 1.81. The van der Waals surface area contributed by atoms with Crippen LogP contribution in [0, 0.1) is 0 Å². The van der Waals surface area contributed by atoms with Gasteiger partial charge in [-0.25, -0.2) is 8.42 Å². The van der Waals surface area contributed by atoms with Gasteiger partial charge >= 0.3 is 6.18 Å². The number of likely N-dealkylation sites (N-methyl/N-ethyl adjacent to an activating group) is 1. The zero-order valence-corrected chi connectivity index (χ0v) is 18.7. The van der Waals surface area contributed by atoms with Crippen molar-refractivity contribution in [2.45, 2.75) is 10.4 Å². The molecule has 0 radical (unpaired) electrons. The van der Waals surface area contributed by atoms with Crippen LogP contribution in [0.3, 0.4) is 0 Å². The first-order valence-corrected chi connectivity index (χ1v) is 11.7. The highest BCUT2D eigenvalue weighted by Crippen LogP contribution is 2.36. The summed E-state index contributed by atoms with van der Waals surface area (Å²) in [5.74, 6) is -0.775. The average molecular weight is 498 g/mol. The van der Waals surface area contributed by atoms with Crippen molar-refractivity contribution < 1.29 is 31.1 Å². The SMILES string of the molecule is CN(CC(=O)Nc1cc(C(F)(F)F)ccc1N1CCOCC1)S(=O)(=O)c1ccc(Cl)s1. The maximum atomic E-state index is 13.2. The minimum Gasteiger partial charge on any atom is -0.378 e. The van der Waals surface area contributed by atoms with Gasteiger partial charge in [-0.3, -0.25) is 4.79 Å². The third-order valence-electron chi connectivity index (χ3n) is 4.53. The maximum absolute atomic E-state index is 13.2. The predicted octanol–water partition coefficient (Wildman–Crippen LogP) is 3.52. The quantitative estimate of drug-likeness (QED) is 0.660. The summed E-state index contributed by atoms with van der Waals surface area (Å²) in [6.07, 6.45) is -4.60. The van der Waals surface area contributed by atoms with E-state index in [1.807, 2.05) is 0 Å². The van der Waals surface area contributed by atoms with Crippen molar-refractivity contribution >= 4 is 50.2 Å². The number of sulfonamides is 1. The van der Waals surface area contributed by atoms with E-state index in [0.29, 0.717) is 32.0 Å². The lowest BCUT2D eigenvalue weighted by molar-refractivity contribution is -0.137. The van der Waals surface area contributed by atoms with E-state index in [1.54, 1.807) is 4.90 Å². The Morgan fingerprint density at radius 3 is 2.52 bits per heavy atom. The molecule has 31 heavy (non-hydrogen) atoms. The van der Waals surface area contributed by atoms with Crippen molar-refractivity contribution in [3.05, 3.63) is 40.2 Å². The van der Waals surface area contributed by atoms with E-state index in [-0.39, 0.29) is 14.2 Å². The molecule has 1 amide bonds. The number of nitrogens with one attached hydrogen (secondary N) is 1. The second kappa shape index (κ2) is 9.33. The highest BCUT2D eigenvalue weighted by atomic mass is 35.5. The number of carbonyl (C=O) groups is 1. The molecule has 0 atom stereocenters. The number of nitrogens with zero attached hydrogens (tertiary/aromatic N) is 2. The summed E-state index contributed by atoms with van der Waals surface area (Å²) in [6, 6.07) is 5.82. The van der Waals surface area contributed by atoms with Crippen LogP contribution < -0.4 is 10.2 Å². The van der Waals surface area contributed by atoms with Gasteiger partial charge in [0, 0.05) is 20.1 Å². The number of benzene rings is 1. The van der Waals surface area contributed by atoms with Crippen molar-refractivity contribution in [3.63, 3.8) is 0 Å². The first kappa shape index (κ1) is 23.8. The number of rotatable bonds is 6. The van der Waals surface area contributed by atoms with Gasteiger partial charge in [-0.1, -0.05) is 11.6 Å². The Morgan fingerprint density at radius 1 is 1.26 bits per heavy atom. The number of alkyl halides is 3. The molecule has 3 rings (SSSR count). The van der Waals surface area contributed by atoms with Crippen LogP contribution in [0.1, 0.15) is 5.56 Å². The first-order valence-electron chi connectivity index (χ1n) is 9.04. The third kappa shape index (κ3) is 5.69. The van der Waals surface area contributed by atoms with Crippen LogP contribution in [0.25, 0.3) is 0 Å². The Hall–Kier alpha value is -1.86. The van der Waals surface area contributed by atoms with Gasteiger partial charge in [-0.2, -0.15) is 17.5 Å². The number of carbonyl (C=O) groups excluding carboxylic acids is 1. The molecule has 2 aromatic rings. The zero-order valence-electron chi connectivity index (χ0n) is 16.3. The predicted molar refractivity (Wildman–Crippen MR) is 112 cm³/mol. The number of halogens is 4. The van der Waals surface area contributed by atoms with Gasteiger partial charge in [0.05, 0.1) is 41.0 Å². The summed E-state index contributed by atoms with van der Waals surface area (Å²) in [5.41, 5.74) is -0.569. The van der Waals surface area contributed by atoms with Gasteiger partial charge in [-0.15, -0.1) is 11.3 Å². The van der Waals surface area contributed by atoms with E-state index in [9.17, 15) is 26.4 Å². The molecule has 0 bridgehead atoms. The molecule has 0 saturated carbocycles. The van der Waals surface area contributed by atoms with Crippen LogP contribution in [-0.4, -0.2) is 58.5 Å². The molecular weight excluding hydrogens is 479 g/mol. The fourth-order valence-corrected chi connectivity index (χ4v) is 5.78. The van der Waals surface area contributed by atoms with Gasteiger partial charge in [0.2, 0.25) is 5.91 Å². The number of anilines is 2. The molecule has 170 valence electrons. The molecule has 1 N–H and O–H groups in total. The molecule has 0 aliphatic carbocycles. The normalized spacial score (nSPS) is 15.4. The van der Waals surface area contributed by atoms with Gasteiger partial charge in [0.25, 0.3) is 10.0 Å². The van der Waals surface area contributed by atoms with Crippen molar-refractivity contribution in [3.8, 4) is 0 Å². The van der Waals surface area contributed by atoms with E-state index in [4.69, 9.17) is 16.3 Å². The second-order valence-electron chi connectivity index (χ2n) is 6.70. The zero-order chi connectivity index (χ0) is 22.8. The Bertz CT molecular complexity index is 1050. The van der Waals surface area contributed by atoms with E-state index in [1.165, 1.54) is 25.2 Å². The fourth-order valence-electron chi connectivity index (χ4n) is 2.96. The van der Waals surface area contributed by atoms with Gasteiger partial charge in [0.1, 0.15) is 4.21 Å². The molecule has 1 fully saturated rings. The third-order valence-corrected chi connectivity index (χ3v) is 8.03. The number of morpholine rings is 1. The minimum atomic E-state index is -4.60. The number of ether oxygens (including phenoxy) is 1. The van der Waals surface area contributed by atoms with Crippen molar-refractivity contribution in [2.24, 2.45) is 0 Å². The topological polar surface area (TPSA) is 79.0 Å². The number of hydrogen-bond donors (Lipinski definition) is 1. The van der Waals surface area contributed by atoms with Crippen molar-refractivity contribution in [2.75, 3.05) is 50.1 Å². The van der Waals surface area contributed by atoms with Crippen LogP contribution in [0.5, 0.6) is 0 Å². The smallest absolute Gasteiger partial charge is 0.378 e. The summed E-state index contributed by atoms with van der Waals surface area (Å²) in [7, 11) is -2.76. The number of hydrogen-bond acceptors (Lipinski definition) is 6. The highest BCUT2D eigenvalue weighted by molar-refractivity contribution is 7.91. The van der Waals surface area contributed by atoms with E-state index >= 15 is 0 Å². The lowest BCUT2D eigenvalue weighted by Gasteiger charge is -2.31. The van der Waals surface area contributed by atoms with Gasteiger partial charge < -0.3 is 15.0 Å². The van der Waals surface area contributed by atoms with Crippen LogP contribution in [-0.2, 0) is 25.7 Å². The van der Waals surface area contributed by atoms with E-state index in [2.05, 4.69) is 5.32 Å². The largest absolute Gasteiger partial charge is 0.416 e. The minimum absolute atomic E-state index is 0.0409. The van der Waals surface area contributed by atoms with Gasteiger partial charge in [-0.05, 0) is 30.3 Å². The molecule has 1 aromatic heterocycles. The lowest BCUT2D eigenvalue weighted by Crippen LogP contribution is -2.38. The molecule has 0 spiro atoms. The van der Waals surface area contributed by atoms with Gasteiger partial charge in [0.15, 0.2) is 0 Å². The standard InChI is InChI=1S/C18H19ClF3N3O4S2/c1-24(31(27,28)17-5-4-15(19)30-17)11-16(26)23-13-10-12(18(20,21)22)2-3-14(13)25-6-8-29-9-7-25/h2-5,10H,6-9,11H2,1H3,(H,23,26). The van der Waals surface area contributed by atoms with Crippen LogP contribution >= 0.6 is 22.9 Å². The van der Waals surface area contributed by atoms with Crippen molar-refractivity contribution in [1.82, 2.24) is 4.31 Å². The van der Waals surface area contributed by atoms with Crippen molar-refractivity contribution in [1.29, 1.82) is 0 Å². The monoisotopic (exact) mass is 497 g/mol. The molecule has 1 saturated heterocycles. The van der Waals surface area contributed by atoms with Crippen LogP contribution in [0.4, 0.5) is 24.5 Å². The van der Waals surface area contributed by atoms with E-state index in [0.717, 1.165) is 27.8 Å². The molecule has 1 aromatic carbocycles. The summed E-state index contributed by atoms with van der Waals surface area (Å²) >= 11 is 6.62. The molecule has 7 nitrogen and oxygen atoms in total. The molecule has 1 aliphatic heterocycles. The Labute approximate surface area is 186 Å². The summed E-state index contributed by atoms with van der Waals surface area (Å²) in [6.45, 7) is 1.11. The van der Waals surface area contributed by atoms with E-state index < -0.39 is 34.2 Å². The summed E-state index contributed by atoms with van der Waals surface area (Å²) in [4.78, 5) is 14.3. The molecule has 1 aliphatic rings. The number of amides is 1. The fraction of sp³-hybridized carbons (Fsp3) is 0.389. The molecule has 2 heterocycles. The number of thiophene rings is 1. The molecule has 0 unspecified atom stereocenters. The second-order valence-corrected chi connectivity index (χ2v) is 10.7. The van der Waals surface area contributed by atoms with Crippen LogP contribution in [0.15, 0.2) is 34.5 Å². The molecular formula is C18H19ClF3N3O4S2. The Morgan fingerprint density at radius 2 is 1.94 bits per heavy atom. The maximum Gasteiger partial charge on any atom is 0.416 e. The molecule has 13 heteroatoms. The highest BCUT2D eigenvalue weighted by Gasteiger charge is 2.32. The lowest BCUT2D eigenvalue weighted by atomic mass is 10.1. The average Bonchev–Trinajstić information content (AvgIpc) is 3.15. The summed E-state index contributed by atoms with van der Waals surface area (Å²) in [5, 5.41) is 2.43. The Kier molecular flexibility index (Phi) is 7.16. The van der Waals surface area contributed by atoms with Crippen LogP contribution in [0.2, 0.25) is 4.34 Å². The summed E-state index contributed by atoms with van der Waals surface area (Å²) < 4.78 is 71.0.